The first kappa shape index (κ1) is 7.47. The molecule has 0 unspecified atom stereocenters. The van der Waals surface area contributed by atoms with Crippen LogP contribution < -0.4 is 0 Å². The Labute approximate surface area is 72.6 Å². The predicted octanol–water partition coefficient (Wildman–Crippen LogP) is 2.62. The zero-order valence-corrected chi connectivity index (χ0v) is 8.41. The van der Waals surface area contributed by atoms with Gasteiger partial charge in [0.15, 0.2) is 0 Å². The Bertz CT molecular complexity index is 187. The Morgan fingerprint density at radius 2 is 2.33 bits per heavy atom. The van der Waals surface area contributed by atoms with Crippen LogP contribution in [0, 0.1) is 9.81 Å². The van der Waals surface area contributed by atoms with E-state index < -0.39 is 0 Å². The van der Waals surface area contributed by atoms with Crippen LogP contribution in [0.1, 0.15) is 17.6 Å². The van der Waals surface area contributed by atoms with E-state index in [0.717, 1.165) is 6.42 Å². The molecule has 0 N–H and O–H groups in total. The summed E-state index contributed by atoms with van der Waals surface area (Å²) in [5.74, 6) is 0. The fourth-order valence-corrected chi connectivity index (χ4v) is 2.19. The van der Waals surface area contributed by atoms with Crippen molar-refractivity contribution in [3.05, 3.63) is 13.6 Å². The summed E-state index contributed by atoms with van der Waals surface area (Å²) in [6.07, 6.45) is 1.06. The van der Waals surface area contributed by atoms with Gasteiger partial charge in [0.2, 0.25) is 0 Å². The Morgan fingerprint density at radius 3 is 2.56 bits per heavy atom. The third-order valence-corrected chi connectivity index (χ3v) is 3.62. The molecular formula is C6H8INS. The van der Waals surface area contributed by atoms with Crippen molar-refractivity contribution in [3.8, 4) is 0 Å². The number of aromatic nitrogens is 1. The van der Waals surface area contributed by atoms with Gasteiger partial charge in [-0.3, -0.25) is 0 Å². The van der Waals surface area contributed by atoms with Crippen LogP contribution >= 0.6 is 33.9 Å². The van der Waals surface area contributed by atoms with Gasteiger partial charge in [0.25, 0.3) is 0 Å². The van der Waals surface area contributed by atoms with Gasteiger partial charge in [-0.15, -0.1) is 11.3 Å². The fourth-order valence-electron chi connectivity index (χ4n) is 0.582. The highest BCUT2D eigenvalue weighted by Crippen LogP contribution is 2.19. The summed E-state index contributed by atoms with van der Waals surface area (Å²) in [5.41, 5.74) is 1.18. The van der Waals surface area contributed by atoms with Crippen molar-refractivity contribution in [1.82, 2.24) is 4.98 Å². The van der Waals surface area contributed by atoms with E-state index in [1.165, 1.54) is 13.6 Å². The second-order valence-electron chi connectivity index (χ2n) is 1.82. The molecule has 0 amide bonds. The first-order valence-electron chi connectivity index (χ1n) is 2.86. The first-order chi connectivity index (χ1) is 4.24. The number of halogens is 1. The number of hydrogen-bond acceptors (Lipinski definition) is 2. The molecular weight excluding hydrogens is 245 g/mol. The smallest absolute Gasteiger partial charge is 0.0936 e. The van der Waals surface area contributed by atoms with E-state index in [1.807, 2.05) is 0 Å². The molecule has 9 heavy (non-hydrogen) atoms. The number of thiazole rings is 1. The molecule has 0 aromatic carbocycles. The van der Waals surface area contributed by atoms with Gasteiger partial charge in [-0.2, -0.15) is 0 Å². The van der Waals surface area contributed by atoms with E-state index >= 15 is 0 Å². The summed E-state index contributed by atoms with van der Waals surface area (Å²) >= 11 is 4.11. The molecule has 1 nitrogen and oxygen atoms in total. The molecule has 1 heterocycles. The van der Waals surface area contributed by atoms with E-state index in [9.17, 15) is 0 Å². The van der Waals surface area contributed by atoms with Crippen LogP contribution in [0.4, 0.5) is 0 Å². The molecule has 0 aliphatic rings. The average Bonchev–Trinajstić information content (AvgIpc) is 2.13. The lowest BCUT2D eigenvalue weighted by Crippen LogP contribution is -1.76. The van der Waals surface area contributed by atoms with Crippen LogP contribution in [0.15, 0.2) is 0 Å². The number of rotatable bonds is 1. The van der Waals surface area contributed by atoms with E-state index in [0.29, 0.717) is 0 Å². The van der Waals surface area contributed by atoms with E-state index in [4.69, 9.17) is 0 Å². The maximum Gasteiger partial charge on any atom is 0.0936 e. The Hall–Kier alpha value is 0.360. The van der Waals surface area contributed by atoms with Crippen LogP contribution in [0.2, 0.25) is 0 Å². The van der Waals surface area contributed by atoms with E-state index in [1.54, 1.807) is 11.3 Å². The molecule has 50 valence electrons. The Balaban J connectivity index is 2.98. The quantitative estimate of drug-likeness (QED) is 0.701. The predicted molar refractivity (Wildman–Crippen MR) is 48.9 cm³/mol. The molecule has 0 aliphatic heterocycles. The second kappa shape index (κ2) is 2.96. The van der Waals surface area contributed by atoms with Crippen molar-refractivity contribution in [1.29, 1.82) is 0 Å². The van der Waals surface area contributed by atoms with Crippen LogP contribution in [0.5, 0.6) is 0 Å². The van der Waals surface area contributed by atoms with Gasteiger partial charge < -0.3 is 0 Å². The molecule has 0 spiro atoms. The van der Waals surface area contributed by atoms with Crippen LogP contribution in [0.3, 0.4) is 0 Å². The minimum absolute atomic E-state index is 1.06. The molecule has 0 aliphatic carbocycles. The van der Waals surface area contributed by atoms with Gasteiger partial charge in [0, 0.05) is 0 Å². The van der Waals surface area contributed by atoms with Crippen molar-refractivity contribution >= 4 is 33.9 Å². The number of nitrogens with zero attached hydrogens (tertiary/aromatic N) is 1. The lowest BCUT2D eigenvalue weighted by atomic mass is 10.5. The van der Waals surface area contributed by atoms with Crippen LogP contribution in [-0.4, -0.2) is 4.98 Å². The minimum Gasteiger partial charge on any atom is -0.245 e. The van der Waals surface area contributed by atoms with E-state index in [-0.39, 0.29) is 0 Å². The summed E-state index contributed by atoms with van der Waals surface area (Å²) in [6.45, 7) is 4.19. The van der Waals surface area contributed by atoms with Gasteiger partial charge in [-0.1, -0.05) is 6.92 Å². The topological polar surface area (TPSA) is 12.9 Å². The van der Waals surface area contributed by atoms with Crippen molar-refractivity contribution in [2.45, 2.75) is 20.3 Å². The SMILES string of the molecule is CCc1nc(C)c(I)s1. The highest BCUT2D eigenvalue weighted by atomic mass is 127. The van der Waals surface area contributed by atoms with Gasteiger partial charge in [0.05, 0.1) is 13.6 Å². The zero-order valence-electron chi connectivity index (χ0n) is 5.44. The standard InChI is InChI=1S/C6H8INS/c1-3-5-8-4(2)6(7)9-5/h3H2,1-2H3. The fraction of sp³-hybridized carbons (Fsp3) is 0.500. The summed E-state index contributed by atoms with van der Waals surface area (Å²) in [7, 11) is 0. The third kappa shape index (κ3) is 1.64. The molecule has 3 heteroatoms. The second-order valence-corrected chi connectivity index (χ2v) is 4.71. The van der Waals surface area contributed by atoms with Crippen molar-refractivity contribution < 1.29 is 0 Å². The minimum atomic E-state index is 1.06. The molecule has 0 saturated carbocycles. The zero-order chi connectivity index (χ0) is 6.85. The lowest BCUT2D eigenvalue weighted by Gasteiger charge is -1.79. The van der Waals surface area contributed by atoms with Crippen LogP contribution in [0.25, 0.3) is 0 Å². The highest BCUT2D eigenvalue weighted by Gasteiger charge is 2.00. The molecule has 1 aromatic heterocycles. The lowest BCUT2D eigenvalue weighted by molar-refractivity contribution is 1.06. The molecule has 0 saturated heterocycles. The maximum atomic E-state index is 4.34. The summed E-state index contributed by atoms with van der Waals surface area (Å²) in [5, 5.41) is 1.25. The maximum absolute atomic E-state index is 4.34. The number of hydrogen-bond donors (Lipinski definition) is 0. The van der Waals surface area contributed by atoms with Crippen molar-refractivity contribution in [2.24, 2.45) is 0 Å². The molecule has 1 aromatic rings. The average molecular weight is 253 g/mol. The van der Waals surface area contributed by atoms with Gasteiger partial charge in [-0.25, -0.2) is 4.98 Å². The Kier molecular flexibility index (Phi) is 2.46. The van der Waals surface area contributed by atoms with Gasteiger partial charge in [-0.05, 0) is 35.9 Å². The summed E-state index contributed by atoms with van der Waals surface area (Å²) < 4.78 is 1.32. The highest BCUT2D eigenvalue weighted by molar-refractivity contribution is 14.1. The molecule has 1 rings (SSSR count). The third-order valence-electron chi connectivity index (χ3n) is 1.09. The molecule has 0 atom stereocenters. The molecule has 0 fully saturated rings. The number of aryl methyl sites for hydroxylation is 2. The first-order valence-corrected chi connectivity index (χ1v) is 4.75. The molecule has 0 bridgehead atoms. The summed E-state index contributed by atoms with van der Waals surface area (Å²) in [6, 6.07) is 0. The summed E-state index contributed by atoms with van der Waals surface area (Å²) in [4.78, 5) is 4.34. The van der Waals surface area contributed by atoms with Crippen molar-refractivity contribution in [2.75, 3.05) is 0 Å². The van der Waals surface area contributed by atoms with Crippen molar-refractivity contribution in [3.63, 3.8) is 0 Å². The molecule has 0 radical (unpaired) electrons. The van der Waals surface area contributed by atoms with Crippen LogP contribution in [-0.2, 0) is 6.42 Å². The normalized spacial score (nSPS) is 10.1. The Morgan fingerprint density at radius 1 is 1.67 bits per heavy atom. The van der Waals surface area contributed by atoms with Gasteiger partial charge >= 0.3 is 0 Å². The monoisotopic (exact) mass is 253 g/mol. The van der Waals surface area contributed by atoms with Gasteiger partial charge in [0.1, 0.15) is 0 Å². The van der Waals surface area contributed by atoms with E-state index in [2.05, 4.69) is 41.4 Å². The largest absolute Gasteiger partial charge is 0.245 e.